The van der Waals surface area contributed by atoms with Crippen LogP contribution in [0.3, 0.4) is 0 Å². The van der Waals surface area contributed by atoms with Crippen molar-refractivity contribution >= 4 is 5.82 Å². The summed E-state index contributed by atoms with van der Waals surface area (Å²) in [6, 6.07) is 0. The average Bonchev–Trinajstić information content (AvgIpc) is 2.63. The highest BCUT2D eigenvalue weighted by Gasteiger charge is 2.25. The summed E-state index contributed by atoms with van der Waals surface area (Å²) >= 11 is 0. The second-order valence-corrected chi connectivity index (χ2v) is 5.07. The first kappa shape index (κ1) is 11.0. The van der Waals surface area contributed by atoms with Gasteiger partial charge in [-0.25, -0.2) is 9.97 Å². The second-order valence-electron chi connectivity index (χ2n) is 5.07. The number of nitrogens with zero attached hydrogens (tertiary/aromatic N) is 3. The summed E-state index contributed by atoms with van der Waals surface area (Å²) in [5.41, 5.74) is 2.56. The van der Waals surface area contributed by atoms with Crippen molar-refractivity contribution in [2.75, 3.05) is 18.0 Å². The Balaban J connectivity index is 1.93. The zero-order valence-corrected chi connectivity index (χ0v) is 10.1. The fraction of sp³-hybridized carbons (Fsp3) is 0.692. The molecular formula is C13H19N3O. The van der Waals surface area contributed by atoms with Gasteiger partial charge in [0.25, 0.3) is 0 Å². The lowest BCUT2D eigenvalue weighted by molar-refractivity contribution is 0.198. The lowest BCUT2D eigenvalue weighted by Gasteiger charge is -2.20. The van der Waals surface area contributed by atoms with Crippen LogP contribution in [0.5, 0.6) is 0 Å². The van der Waals surface area contributed by atoms with Crippen LogP contribution in [0.2, 0.25) is 0 Å². The smallest absolute Gasteiger partial charge is 0.135 e. The number of rotatable bonds is 1. The molecule has 3 rings (SSSR count). The molecule has 0 saturated carbocycles. The number of β-amino-alcohol motifs (C(OH)–C–C–N with tert-alkyl or cyclic N) is 1. The van der Waals surface area contributed by atoms with Crippen LogP contribution in [0, 0.1) is 0 Å². The number of aromatic nitrogens is 2. The van der Waals surface area contributed by atoms with Gasteiger partial charge in [0, 0.05) is 24.3 Å². The van der Waals surface area contributed by atoms with Gasteiger partial charge in [-0.05, 0) is 32.1 Å². The lowest BCUT2D eigenvalue weighted by Crippen LogP contribution is -2.24. The molecule has 92 valence electrons. The van der Waals surface area contributed by atoms with Gasteiger partial charge in [0.1, 0.15) is 12.1 Å². The number of hydrogen-bond donors (Lipinski definition) is 1. The van der Waals surface area contributed by atoms with Gasteiger partial charge >= 0.3 is 0 Å². The van der Waals surface area contributed by atoms with E-state index in [0.29, 0.717) is 0 Å². The molecule has 2 heterocycles. The SMILES string of the molecule is O[C@@H]1CCN(c2ncnc3c2CCCCC3)C1. The van der Waals surface area contributed by atoms with Gasteiger partial charge in [0.05, 0.1) is 6.10 Å². The van der Waals surface area contributed by atoms with Crippen LogP contribution in [0.15, 0.2) is 6.33 Å². The number of aliphatic hydroxyl groups is 1. The maximum atomic E-state index is 9.64. The third kappa shape index (κ3) is 2.14. The summed E-state index contributed by atoms with van der Waals surface area (Å²) in [7, 11) is 0. The maximum Gasteiger partial charge on any atom is 0.135 e. The summed E-state index contributed by atoms with van der Waals surface area (Å²) in [5.74, 6) is 1.08. The zero-order valence-electron chi connectivity index (χ0n) is 10.1. The minimum atomic E-state index is -0.189. The zero-order chi connectivity index (χ0) is 11.7. The highest BCUT2D eigenvalue weighted by atomic mass is 16.3. The minimum absolute atomic E-state index is 0.189. The van der Waals surface area contributed by atoms with Crippen LogP contribution in [0.4, 0.5) is 5.82 Å². The van der Waals surface area contributed by atoms with E-state index in [2.05, 4.69) is 14.9 Å². The lowest BCUT2D eigenvalue weighted by atomic mass is 10.1. The number of aryl methyl sites for hydroxylation is 1. The summed E-state index contributed by atoms with van der Waals surface area (Å²) in [6.07, 6.45) is 8.31. The van der Waals surface area contributed by atoms with Crippen LogP contribution in [0.25, 0.3) is 0 Å². The highest BCUT2D eigenvalue weighted by molar-refractivity contribution is 5.50. The predicted octanol–water partition coefficient (Wildman–Crippen LogP) is 1.32. The normalized spacial score (nSPS) is 24.5. The van der Waals surface area contributed by atoms with Crippen LogP contribution >= 0.6 is 0 Å². The Morgan fingerprint density at radius 2 is 2.06 bits per heavy atom. The predicted molar refractivity (Wildman–Crippen MR) is 66.1 cm³/mol. The third-order valence-electron chi connectivity index (χ3n) is 3.82. The molecule has 1 aromatic heterocycles. The van der Waals surface area contributed by atoms with Gasteiger partial charge in [-0.1, -0.05) is 6.42 Å². The monoisotopic (exact) mass is 233 g/mol. The maximum absolute atomic E-state index is 9.64. The number of fused-ring (bicyclic) bond motifs is 1. The van der Waals surface area contributed by atoms with Crippen LogP contribution in [-0.2, 0) is 12.8 Å². The van der Waals surface area contributed by atoms with E-state index < -0.39 is 0 Å². The van der Waals surface area contributed by atoms with E-state index in [-0.39, 0.29) is 6.10 Å². The third-order valence-corrected chi connectivity index (χ3v) is 3.82. The fourth-order valence-electron chi connectivity index (χ4n) is 2.89. The Labute approximate surface area is 102 Å². The van der Waals surface area contributed by atoms with Gasteiger partial charge < -0.3 is 10.0 Å². The van der Waals surface area contributed by atoms with Crippen molar-refractivity contribution in [3.8, 4) is 0 Å². The molecule has 1 saturated heterocycles. The molecule has 0 bridgehead atoms. The summed E-state index contributed by atoms with van der Waals surface area (Å²) in [6.45, 7) is 1.65. The van der Waals surface area contributed by atoms with E-state index in [0.717, 1.165) is 38.2 Å². The largest absolute Gasteiger partial charge is 0.391 e. The minimum Gasteiger partial charge on any atom is -0.391 e. The fourth-order valence-corrected chi connectivity index (χ4v) is 2.89. The molecule has 1 N–H and O–H groups in total. The van der Waals surface area contributed by atoms with Crippen LogP contribution in [-0.4, -0.2) is 34.3 Å². The Morgan fingerprint density at radius 3 is 2.88 bits per heavy atom. The van der Waals surface area contributed by atoms with Gasteiger partial charge in [-0.3, -0.25) is 0 Å². The number of aliphatic hydroxyl groups excluding tert-OH is 1. The number of anilines is 1. The Kier molecular flexibility index (Phi) is 2.97. The van der Waals surface area contributed by atoms with E-state index in [1.165, 1.54) is 30.5 Å². The number of hydrogen-bond acceptors (Lipinski definition) is 4. The van der Waals surface area contributed by atoms with Gasteiger partial charge in [0.15, 0.2) is 0 Å². The molecule has 0 radical (unpaired) electrons. The van der Waals surface area contributed by atoms with Crippen molar-refractivity contribution in [1.29, 1.82) is 0 Å². The molecule has 1 aromatic rings. The second kappa shape index (κ2) is 4.61. The molecule has 2 aliphatic rings. The molecule has 4 nitrogen and oxygen atoms in total. The first-order valence-electron chi connectivity index (χ1n) is 6.60. The highest BCUT2D eigenvalue weighted by Crippen LogP contribution is 2.28. The van der Waals surface area contributed by atoms with Gasteiger partial charge in [-0.2, -0.15) is 0 Å². The van der Waals surface area contributed by atoms with E-state index >= 15 is 0 Å². The van der Waals surface area contributed by atoms with Gasteiger partial charge in [0.2, 0.25) is 0 Å². The van der Waals surface area contributed by atoms with Crippen molar-refractivity contribution in [2.24, 2.45) is 0 Å². The van der Waals surface area contributed by atoms with Gasteiger partial charge in [-0.15, -0.1) is 0 Å². The van der Waals surface area contributed by atoms with Crippen molar-refractivity contribution in [3.63, 3.8) is 0 Å². The molecule has 1 atom stereocenters. The standard InChI is InChI=1S/C13H19N3O/c17-10-6-7-16(8-10)13-11-4-2-1-3-5-12(11)14-9-15-13/h9-10,17H,1-8H2/t10-/m1/s1. The quantitative estimate of drug-likeness (QED) is 0.743. The molecule has 1 aliphatic carbocycles. The Bertz CT molecular complexity index is 408. The van der Waals surface area contributed by atoms with Crippen LogP contribution in [0.1, 0.15) is 36.9 Å². The molecule has 0 amide bonds. The molecule has 4 heteroatoms. The average molecular weight is 233 g/mol. The molecule has 17 heavy (non-hydrogen) atoms. The van der Waals surface area contributed by atoms with E-state index in [9.17, 15) is 5.11 Å². The van der Waals surface area contributed by atoms with E-state index in [1.807, 2.05) is 0 Å². The van der Waals surface area contributed by atoms with Crippen molar-refractivity contribution in [2.45, 2.75) is 44.6 Å². The topological polar surface area (TPSA) is 49.2 Å². The molecule has 0 spiro atoms. The molecule has 0 aromatic carbocycles. The molecule has 1 fully saturated rings. The Hall–Kier alpha value is -1.16. The van der Waals surface area contributed by atoms with E-state index in [1.54, 1.807) is 6.33 Å². The van der Waals surface area contributed by atoms with Crippen molar-refractivity contribution in [3.05, 3.63) is 17.6 Å². The Morgan fingerprint density at radius 1 is 1.18 bits per heavy atom. The molecular weight excluding hydrogens is 214 g/mol. The molecule has 0 unspecified atom stereocenters. The molecule has 1 aliphatic heterocycles. The van der Waals surface area contributed by atoms with Crippen molar-refractivity contribution < 1.29 is 5.11 Å². The summed E-state index contributed by atoms with van der Waals surface area (Å²) < 4.78 is 0. The van der Waals surface area contributed by atoms with E-state index in [4.69, 9.17) is 0 Å². The summed E-state index contributed by atoms with van der Waals surface area (Å²) in [5, 5.41) is 9.64. The first-order valence-corrected chi connectivity index (χ1v) is 6.60. The summed E-state index contributed by atoms with van der Waals surface area (Å²) in [4.78, 5) is 11.1. The first-order chi connectivity index (χ1) is 8.34. The van der Waals surface area contributed by atoms with Crippen LogP contribution < -0.4 is 4.90 Å². The van der Waals surface area contributed by atoms with Crippen molar-refractivity contribution in [1.82, 2.24) is 9.97 Å².